The van der Waals surface area contributed by atoms with Crippen molar-refractivity contribution in [1.29, 1.82) is 0 Å². The summed E-state index contributed by atoms with van der Waals surface area (Å²) >= 11 is 0. The van der Waals surface area contributed by atoms with E-state index >= 15 is 0 Å². The number of halogens is 3. The molecule has 2 aromatic rings. The molecule has 0 aliphatic heterocycles. The van der Waals surface area contributed by atoms with Crippen LogP contribution in [0.1, 0.15) is 72.6 Å². The summed E-state index contributed by atoms with van der Waals surface area (Å²) in [7, 11) is 0. The van der Waals surface area contributed by atoms with Crippen LogP contribution in [0.15, 0.2) is 35.9 Å². The summed E-state index contributed by atoms with van der Waals surface area (Å²) in [5, 5.41) is 22.5. The number of hydrogen-bond donors (Lipinski definition) is 1. The highest BCUT2D eigenvalue weighted by Gasteiger charge is 2.51. The Balaban J connectivity index is 1.42. The van der Waals surface area contributed by atoms with Crippen LogP contribution in [0.4, 0.5) is 13.2 Å². The second-order valence-corrected chi connectivity index (χ2v) is 11.3. The van der Waals surface area contributed by atoms with Gasteiger partial charge in [0.2, 0.25) is 5.82 Å². The molecule has 1 N–H and O–H groups in total. The average molecular weight is 491 g/mol. The smallest absolute Gasteiger partial charge is 0.275 e. The minimum Gasteiger partial charge on any atom is -0.384 e. The lowest BCUT2D eigenvalue weighted by Gasteiger charge is -2.44. The molecule has 1 heterocycles. The van der Waals surface area contributed by atoms with Crippen molar-refractivity contribution in [2.45, 2.75) is 90.7 Å². The first kappa shape index (κ1) is 25.9. The number of tetrazole rings is 1. The Labute approximate surface area is 205 Å². The molecule has 1 aromatic carbocycles. The van der Waals surface area contributed by atoms with Crippen molar-refractivity contribution < 1.29 is 18.3 Å². The minimum atomic E-state index is -3.09. The number of allylic oxidation sites excluding steroid dienone is 2. The summed E-state index contributed by atoms with van der Waals surface area (Å²) in [5.74, 6) is -1.92. The number of hydrogen-bond acceptors (Lipinski definition) is 4. The van der Waals surface area contributed by atoms with E-state index in [2.05, 4.69) is 35.3 Å². The van der Waals surface area contributed by atoms with Crippen molar-refractivity contribution in [1.82, 2.24) is 20.2 Å². The summed E-state index contributed by atoms with van der Waals surface area (Å²) in [5.41, 5.74) is 0.235. The summed E-state index contributed by atoms with van der Waals surface area (Å²) in [6.07, 6.45) is 7.71. The van der Waals surface area contributed by atoms with Crippen molar-refractivity contribution in [3.05, 3.63) is 41.7 Å². The van der Waals surface area contributed by atoms with E-state index < -0.39 is 11.5 Å². The Morgan fingerprint density at radius 1 is 1.23 bits per heavy atom. The molecule has 8 heteroatoms. The molecular formula is C27H37F3N4O. The summed E-state index contributed by atoms with van der Waals surface area (Å²) in [6, 6.07) is 6.03. The highest BCUT2D eigenvalue weighted by atomic mass is 19.3. The molecule has 192 valence electrons. The van der Waals surface area contributed by atoms with Crippen LogP contribution in [0, 0.1) is 29.0 Å². The summed E-state index contributed by atoms with van der Waals surface area (Å²) in [4.78, 5) is 1.56. The van der Waals surface area contributed by atoms with Crippen molar-refractivity contribution in [2.24, 2.45) is 23.2 Å². The zero-order valence-electron chi connectivity index (χ0n) is 21.1. The van der Waals surface area contributed by atoms with E-state index in [1.807, 2.05) is 0 Å². The lowest BCUT2D eigenvalue weighted by Crippen LogP contribution is -2.43. The van der Waals surface area contributed by atoms with Gasteiger partial charge in [-0.2, -0.15) is 4.80 Å². The van der Waals surface area contributed by atoms with E-state index in [-0.39, 0.29) is 23.6 Å². The Hall–Kier alpha value is -2.22. The monoisotopic (exact) mass is 490 g/mol. The van der Waals surface area contributed by atoms with Gasteiger partial charge in [0.15, 0.2) is 0 Å². The van der Waals surface area contributed by atoms with Gasteiger partial charge >= 0.3 is 0 Å². The fraction of sp³-hybridized carbons (Fsp3) is 0.667. The molecule has 2 aliphatic carbocycles. The fourth-order valence-corrected chi connectivity index (χ4v) is 6.41. The molecule has 5 nitrogen and oxygen atoms in total. The minimum absolute atomic E-state index is 0.0998. The van der Waals surface area contributed by atoms with Gasteiger partial charge in [-0.15, -0.1) is 10.2 Å². The Morgan fingerprint density at radius 2 is 1.94 bits per heavy atom. The molecule has 0 spiro atoms. The van der Waals surface area contributed by atoms with Gasteiger partial charge in [0, 0.05) is 12.0 Å². The summed E-state index contributed by atoms with van der Waals surface area (Å²) < 4.78 is 41.9. The molecular weight excluding hydrogens is 453 g/mol. The maximum atomic E-state index is 14.4. The van der Waals surface area contributed by atoms with Crippen molar-refractivity contribution >= 4 is 0 Å². The van der Waals surface area contributed by atoms with Crippen LogP contribution in [0.5, 0.6) is 0 Å². The maximum Gasteiger partial charge on any atom is 0.275 e. The number of nitrogens with zero attached hydrogens (tertiary/aromatic N) is 4. The standard InChI is InChI=1S/C27H37F3N4O/c1-18(13-16-27(29,30)25(2,3)35)22-11-12-23-19(6-5-15-26(22,23)4)14-17-34-32-24(31-33-34)20-7-9-21(28)10-8-20/h7-10,14,18,22-23,35H,5-6,11-13,15-17H2,1-4H3/b19-14+/t18-,22-,23+,26-/m1/s1. The van der Waals surface area contributed by atoms with Crippen LogP contribution in [-0.4, -0.2) is 36.8 Å². The van der Waals surface area contributed by atoms with Crippen LogP contribution in [0.25, 0.3) is 11.4 Å². The zero-order valence-corrected chi connectivity index (χ0v) is 21.1. The normalized spacial score (nSPS) is 27.3. The molecule has 2 aliphatic rings. The molecule has 0 amide bonds. The molecule has 0 unspecified atom stereocenters. The van der Waals surface area contributed by atoms with Gasteiger partial charge in [0.25, 0.3) is 5.92 Å². The van der Waals surface area contributed by atoms with Crippen LogP contribution >= 0.6 is 0 Å². The van der Waals surface area contributed by atoms with Crippen LogP contribution in [0.2, 0.25) is 0 Å². The Bertz CT molecular complexity index is 1040. The predicted molar refractivity (Wildman–Crippen MR) is 129 cm³/mol. The molecule has 4 rings (SSSR count). The third kappa shape index (κ3) is 5.32. The maximum absolute atomic E-state index is 14.4. The van der Waals surface area contributed by atoms with Crippen LogP contribution in [-0.2, 0) is 6.54 Å². The number of alkyl halides is 2. The van der Waals surface area contributed by atoms with Gasteiger partial charge in [-0.25, -0.2) is 13.2 Å². The van der Waals surface area contributed by atoms with E-state index in [1.165, 1.54) is 31.6 Å². The second-order valence-electron chi connectivity index (χ2n) is 11.3. The SMILES string of the molecule is C[C@H](CCC(F)(F)C(C)(C)O)[C@H]1CC[C@H]2/C(=C/Cn3nnc(-c4ccc(F)cc4)n3)CCC[C@]12C. The van der Waals surface area contributed by atoms with Crippen LogP contribution in [0.3, 0.4) is 0 Å². The van der Waals surface area contributed by atoms with E-state index in [9.17, 15) is 18.3 Å². The molecule has 35 heavy (non-hydrogen) atoms. The van der Waals surface area contributed by atoms with Crippen molar-refractivity contribution in [2.75, 3.05) is 0 Å². The highest BCUT2D eigenvalue weighted by molar-refractivity contribution is 5.53. The summed E-state index contributed by atoms with van der Waals surface area (Å²) in [6.45, 7) is 7.35. The zero-order chi connectivity index (χ0) is 25.4. The van der Waals surface area contributed by atoms with Crippen molar-refractivity contribution in [3.8, 4) is 11.4 Å². The highest BCUT2D eigenvalue weighted by Crippen LogP contribution is 2.60. The number of rotatable bonds is 8. The van der Waals surface area contributed by atoms with Gasteiger partial charge < -0.3 is 5.11 Å². The largest absolute Gasteiger partial charge is 0.384 e. The van der Waals surface area contributed by atoms with Gasteiger partial charge in [0.05, 0.1) is 6.54 Å². The van der Waals surface area contributed by atoms with E-state index in [1.54, 1.807) is 16.9 Å². The molecule has 1 aromatic heterocycles. The number of fused-ring (bicyclic) bond motifs is 1. The predicted octanol–water partition coefficient (Wildman–Crippen LogP) is 6.44. The second kappa shape index (κ2) is 9.68. The molecule has 0 saturated heterocycles. The van der Waals surface area contributed by atoms with Gasteiger partial charge in [-0.05, 0) is 105 Å². The molecule has 2 fully saturated rings. The lowest BCUT2D eigenvalue weighted by atomic mass is 9.60. The molecule has 2 saturated carbocycles. The third-order valence-corrected chi connectivity index (χ3v) is 8.61. The first-order valence-electron chi connectivity index (χ1n) is 12.7. The average Bonchev–Trinajstić information content (AvgIpc) is 3.40. The first-order chi connectivity index (χ1) is 16.4. The molecule has 0 radical (unpaired) electrons. The quantitative estimate of drug-likeness (QED) is 0.432. The molecule has 0 bridgehead atoms. The number of aliphatic hydroxyl groups is 1. The van der Waals surface area contributed by atoms with Crippen molar-refractivity contribution in [3.63, 3.8) is 0 Å². The first-order valence-corrected chi connectivity index (χ1v) is 12.7. The van der Waals surface area contributed by atoms with Crippen LogP contribution < -0.4 is 0 Å². The van der Waals surface area contributed by atoms with Gasteiger partial charge in [-0.3, -0.25) is 0 Å². The topological polar surface area (TPSA) is 63.8 Å². The molecule has 4 atom stereocenters. The third-order valence-electron chi connectivity index (χ3n) is 8.61. The number of aromatic nitrogens is 4. The number of benzene rings is 1. The Morgan fingerprint density at radius 3 is 2.63 bits per heavy atom. The van der Waals surface area contributed by atoms with E-state index in [0.29, 0.717) is 30.6 Å². The van der Waals surface area contributed by atoms with Gasteiger partial charge in [-0.1, -0.05) is 25.5 Å². The van der Waals surface area contributed by atoms with Gasteiger partial charge in [0.1, 0.15) is 11.4 Å². The Kier molecular flexibility index (Phi) is 7.15. The van der Waals surface area contributed by atoms with E-state index in [0.717, 1.165) is 37.7 Å². The van der Waals surface area contributed by atoms with E-state index in [4.69, 9.17) is 0 Å². The lowest BCUT2D eigenvalue weighted by molar-refractivity contribution is -0.168. The fourth-order valence-electron chi connectivity index (χ4n) is 6.41.